The third kappa shape index (κ3) is 11.2. The van der Waals surface area contributed by atoms with Crippen molar-refractivity contribution in [3.05, 3.63) is 11.6 Å². The highest BCUT2D eigenvalue weighted by Gasteiger charge is 1.95. The van der Waals surface area contributed by atoms with Crippen LogP contribution in [0.2, 0.25) is 0 Å². The summed E-state index contributed by atoms with van der Waals surface area (Å²) in [6.45, 7) is 4.24. The molecule has 0 amide bonds. The highest BCUT2D eigenvalue weighted by Crippen LogP contribution is 2.08. The average Bonchev–Trinajstić information content (AvgIpc) is 2.08. The molecule has 0 rings (SSSR count). The fraction of sp³-hybridized carbons (Fsp3) is 0.750. The second-order valence-corrected chi connectivity index (χ2v) is 3.98. The number of rotatable bonds is 8. The molecule has 0 aromatic rings. The van der Waals surface area contributed by atoms with Crippen molar-refractivity contribution in [2.75, 3.05) is 0 Å². The average molecular weight is 198 g/mol. The van der Waals surface area contributed by atoms with Gasteiger partial charge in [0.15, 0.2) is 0 Å². The van der Waals surface area contributed by atoms with E-state index in [0.717, 1.165) is 12.8 Å². The van der Waals surface area contributed by atoms with Gasteiger partial charge < -0.3 is 5.11 Å². The molecule has 0 unspecified atom stereocenters. The Kier molecular flexibility index (Phi) is 8.30. The molecule has 2 heteroatoms. The van der Waals surface area contributed by atoms with Gasteiger partial charge >= 0.3 is 5.97 Å². The zero-order valence-electron chi connectivity index (χ0n) is 9.38. The molecule has 0 saturated carbocycles. The van der Waals surface area contributed by atoms with Gasteiger partial charge in [-0.25, -0.2) is 0 Å². The fourth-order valence-corrected chi connectivity index (χ4v) is 1.34. The van der Waals surface area contributed by atoms with Gasteiger partial charge in [0.2, 0.25) is 0 Å². The number of carboxylic acid groups (broad SMARTS) is 1. The molecule has 1 N–H and O–H groups in total. The summed E-state index contributed by atoms with van der Waals surface area (Å²) in [5.74, 6) is -0.672. The van der Waals surface area contributed by atoms with Gasteiger partial charge in [0.1, 0.15) is 0 Å². The first-order chi connectivity index (χ1) is 6.63. The zero-order valence-corrected chi connectivity index (χ0v) is 9.38. The standard InChI is InChI=1S/C12H22O2/c1-11(2)9-7-5-3-4-6-8-10-12(13)14/h9H,3-8,10H2,1-2H3,(H,13,14). The number of carbonyl (C=O) groups is 1. The molecule has 0 bridgehead atoms. The Morgan fingerprint density at radius 1 is 1.07 bits per heavy atom. The molecule has 0 atom stereocenters. The Labute approximate surface area is 87.0 Å². The van der Waals surface area contributed by atoms with Crippen molar-refractivity contribution in [3.63, 3.8) is 0 Å². The predicted molar refractivity (Wildman–Crippen MR) is 59.4 cm³/mol. The molecule has 82 valence electrons. The molecular weight excluding hydrogens is 176 g/mol. The van der Waals surface area contributed by atoms with Crippen molar-refractivity contribution in [1.29, 1.82) is 0 Å². The molecule has 2 nitrogen and oxygen atoms in total. The quantitative estimate of drug-likeness (QED) is 0.476. The Balaban J connectivity index is 3.07. The van der Waals surface area contributed by atoms with Gasteiger partial charge in [0, 0.05) is 6.42 Å². The predicted octanol–water partition coefficient (Wildman–Crippen LogP) is 3.77. The van der Waals surface area contributed by atoms with Crippen LogP contribution in [0.3, 0.4) is 0 Å². The van der Waals surface area contributed by atoms with Crippen LogP contribution in [0.25, 0.3) is 0 Å². The van der Waals surface area contributed by atoms with Crippen LogP contribution in [-0.4, -0.2) is 11.1 Å². The number of unbranched alkanes of at least 4 members (excludes halogenated alkanes) is 5. The third-order valence-electron chi connectivity index (χ3n) is 2.15. The maximum atomic E-state index is 10.2. The van der Waals surface area contributed by atoms with Gasteiger partial charge in [-0.15, -0.1) is 0 Å². The van der Waals surface area contributed by atoms with E-state index in [1.165, 1.54) is 31.3 Å². The first kappa shape index (κ1) is 13.2. The lowest BCUT2D eigenvalue weighted by molar-refractivity contribution is -0.137. The molecular formula is C12H22O2. The van der Waals surface area contributed by atoms with Gasteiger partial charge in [-0.2, -0.15) is 0 Å². The minimum atomic E-state index is -0.672. The van der Waals surface area contributed by atoms with E-state index in [1.54, 1.807) is 0 Å². The minimum Gasteiger partial charge on any atom is -0.481 e. The minimum absolute atomic E-state index is 0.327. The van der Waals surface area contributed by atoms with Crippen molar-refractivity contribution in [2.45, 2.75) is 58.8 Å². The summed E-state index contributed by atoms with van der Waals surface area (Å²) in [6, 6.07) is 0. The molecule has 0 aliphatic rings. The van der Waals surface area contributed by atoms with E-state index in [2.05, 4.69) is 19.9 Å². The van der Waals surface area contributed by atoms with Crippen LogP contribution < -0.4 is 0 Å². The molecule has 0 radical (unpaired) electrons. The lowest BCUT2D eigenvalue weighted by Crippen LogP contribution is -1.93. The fourth-order valence-electron chi connectivity index (χ4n) is 1.34. The monoisotopic (exact) mass is 198 g/mol. The second kappa shape index (κ2) is 8.79. The highest BCUT2D eigenvalue weighted by molar-refractivity contribution is 5.66. The smallest absolute Gasteiger partial charge is 0.303 e. The van der Waals surface area contributed by atoms with E-state index < -0.39 is 5.97 Å². The summed E-state index contributed by atoms with van der Waals surface area (Å²) in [5.41, 5.74) is 1.39. The lowest BCUT2D eigenvalue weighted by atomic mass is 10.1. The molecule has 0 fully saturated rings. The van der Waals surface area contributed by atoms with E-state index in [-0.39, 0.29) is 0 Å². The summed E-state index contributed by atoms with van der Waals surface area (Å²) in [6.07, 6.45) is 9.27. The van der Waals surface area contributed by atoms with Crippen LogP contribution in [0.4, 0.5) is 0 Å². The molecule has 0 aromatic carbocycles. The van der Waals surface area contributed by atoms with Crippen LogP contribution >= 0.6 is 0 Å². The van der Waals surface area contributed by atoms with Gasteiger partial charge in [-0.1, -0.05) is 30.9 Å². The number of hydrogen-bond donors (Lipinski definition) is 1. The molecule has 0 saturated heterocycles. The largest absolute Gasteiger partial charge is 0.481 e. The van der Waals surface area contributed by atoms with Crippen molar-refractivity contribution in [1.82, 2.24) is 0 Å². The van der Waals surface area contributed by atoms with E-state index >= 15 is 0 Å². The Hall–Kier alpha value is -0.790. The van der Waals surface area contributed by atoms with Crippen molar-refractivity contribution < 1.29 is 9.90 Å². The van der Waals surface area contributed by atoms with Gasteiger partial charge in [0.05, 0.1) is 0 Å². The van der Waals surface area contributed by atoms with Crippen LogP contribution in [0.1, 0.15) is 58.8 Å². The molecule has 0 aliphatic heterocycles. The van der Waals surface area contributed by atoms with Crippen LogP contribution in [0, 0.1) is 0 Å². The molecule has 0 aliphatic carbocycles. The summed E-state index contributed by atoms with van der Waals surface area (Å²) in [7, 11) is 0. The zero-order chi connectivity index (χ0) is 10.8. The highest BCUT2D eigenvalue weighted by atomic mass is 16.4. The SMILES string of the molecule is CC(C)=CCCCCCCCC(=O)O. The van der Waals surface area contributed by atoms with Crippen LogP contribution in [0.5, 0.6) is 0 Å². The molecule has 0 spiro atoms. The van der Waals surface area contributed by atoms with Gasteiger partial charge in [-0.3, -0.25) is 4.79 Å². The van der Waals surface area contributed by atoms with Crippen molar-refractivity contribution in [3.8, 4) is 0 Å². The summed E-state index contributed by atoms with van der Waals surface area (Å²) in [4.78, 5) is 10.2. The number of allylic oxidation sites excluding steroid dienone is 2. The normalized spacial score (nSPS) is 9.86. The topological polar surface area (TPSA) is 37.3 Å². The van der Waals surface area contributed by atoms with E-state index in [1.807, 2.05) is 0 Å². The van der Waals surface area contributed by atoms with Crippen LogP contribution in [-0.2, 0) is 4.79 Å². The first-order valence-electron chi connectivity index (χ1n) is 5.48. The molecule has 14 heavy (non-hydrogen) atoms. The van der Waals surface area contributed by atoms with Crippen molar-refractivity contribution >= 4 is 5.97 Å². The summed E-state index contributed by atoms with van der Waals surface area (Å²) >= 11 is 0. The second-order valence-electron chi connectivity index (χ2n) is 3.98. The Morgan fingerprint density at radius 2 is 1.64 bits per heavy atom. The number of aliphatic carboxylic acids is 1. The van der Waals surface area contributed by atoms with Crippen molar-refractivity contribution in [2.24, 2.45) is 0 Å². The maximum Gasteiger partial charge on any atom is 0.303 e. The first-order valence-corrected chi connectivity index (χ1v) is 5.48. The summed E-state index contributed by atoms with van der Waals surface area (Å²) in [5, 5.41) is 8.41. The van der Waals surface area contributed by atoms with Crippen LogP contribution in [0.15, 0.2) is 11.6 Å². The lowest BCUT2D eigenvalue weighted by Gasteiger charge is -1.98. The van der Waals surface area contributed by atoms with E-state index in [9.17, 15) is 4.79 Å². The summed E-state index contributed by atoms with van der Waals surface area (Å²) < 4.78 is 0. The third-order valence-corrected chi connectivity index (χ3v) is 2.15. The van der Waals surface area contributed by atoms with E-state index in [4.69, 9.17) is 5.11 Å². The number of hydrogen-bond acceptors (Lipinski definition) is 1. The van der Waals surface area contributed by atoms with Gasteiger partial charge in [-0.05, 0) is 33.1 Å². The Bertz CT molecular complexity index is 179. The van der Waals surface area contributed by atoms with Gasteiger partial charge in [0.25, 0.3) is 0 Å². The maximum absolute atomic E-state index is 10.2. The molecule has 0 aromatic heterocycles. The van der Waals surface area contributed by atoms with E-state index in [0.29, 0.717) is 6.42 Å². The number of carboxylic acids is 1. The molecule has 0 heterocycles. The Morgan fingerprint density at radius 3 is 2.21 bits per heavy atom.